The van der Waals surface area contributed by atoms with Gasteiger partial charge in [-0.2, -0.15) is 9.19 Å². The van der Waals surface area contributed by atoms with E-state index in [1.54, 1.807) is 18.5 Å². The van der Waals surface area contributed by atoms with Crippen LogP contribution in [0.2, 0.25) is 0 Å². The zero-order valence-electron chi connectivity index (χ0n) is 27.9. The van der Waals surface area contributed by atoms with Gasteiger partial charge in [0.1, 0.15) is 0 Å². The molecule has 15 heteroatoms. The standard InChI is InChI=1S/C34H44F2N10O2S/c1-44(2)21-23-3-5-25(6-4-23)42-30-18-34(37,31-10-14-39-32(43-31)24-19-41-46(22-24)49(47,48)27-7-8-27)40-20-28(30)29-17-26(9-13-38-29)45-15-11-33(35,36)12-16-45/h9-10,13-14,17-20,22-23,25,27,40,42H,3-8,11-12,15-16,21,37H2,1-2H3. The predicted molar refractivity (Wildman–Crippen MR) is 184 cm³/mol. The number of nitrogens with one attached hydrogen (secondary N) is 2. The number of aromatic nitrogens is 5. The number of pyridine rings is 1. The quantitative estimate of drug-likeness (QED) is 0.286. The molecule has 3 fully saturated rings. The van der Waals surface area contributed by atoms with E-state index in [1.165, 1.54) is 12.4 Å². The van der Waals surface area contributed by atoms with Gasteiger partial charge in [0.15, 0.2) is 11.5 Å². The van der Waals surface area contributed by atoms with E-state index in [2.05, 4.69) is 39.7 Å². The van der Waals surface area contributed by atoms with Crippen molar-refractivity contribution < 1.29 is 17.2 Å². The number of hydrogen-bond donors (Lipinski definition) is 3. The maximum Gasteiger partial charge on any atom is 0.256 e. The highest BCUT2D eigenvalue weighted by atomic mass is 32.2. The summed E-state index contributed by atoms with van der Waals surface area (Å²) in [7, 11) is 0.689. The van der Waals surface area contributed by atoms with Gasteiger partial charge in [0.2, 0.25) is 0 Å². The lowest BCUT2D eigenvalue weighted by Crippen LogP contribution is -2.50. The molecule has 2 aliphatic carbocycles. The van der Waals surface area contributed by atoms with Crippen LogP contribution in [-0.4, -0.2) is 88.4 Å². The van der Waals surface area contributed by atoms with Crippen LogP contribution in [0.4, 0.5) is 14.5 Å². The summed E-state index contributed by atoms with van der Waals surface area (Å²) in [5.74, 6) is -1.68. The van der Waals surface area contributed by atoms with Crippen LogP contribution in [0.5, 0.6) is 0 Å². The van der Waals surface area contributed by atoms with Crippen LogP contribution in [0.3, 0.4) is 0 Å². The van der Waals surface area contributed by atoms with E-state index in [0.717, 1.165) is 53.3 Å². The summed E-state index contributed by atoms with van der Waals surface area (Å²) in [4.78, 5) is 18.1. The van der Waals surface area contributed by atoms with Crippen molar-refractivity contribution in [3.05, 3.63) is 72.3 Å². The second-order valence-corrected chi connectivity index (χ2v) is 16.2. The Morgan fingerprint density at radius 1 is 1.06 bits per heavy atom. The van der Waals surface area contributed by atoms with Crippen LogP contribution in [0.1, 0.15) is 62.8 Å². The lowest BCUT2D eigenvalue weighted by Gasteiger charge is -2.36. The fourth-order valence-corrected chi connectivity index (χ4v) is 8.46. The molecule has 1 atom stereocenters. The summed E-state index contributed by atoms with van der Waals surface area (Å²) in [5, 5.41) is 10.8. The smallest absolute Gasteiger partial charge is 0.256 e. The number of halogens is 2. The molecular weight excluding hydrogens is 651 g/mol. The van der Waals surface area contributed by atoms with Crippen molar-refractivity contribution >= 4 is 21.3 Å². The van der Waals surface area contributed by atoms with Crippen LogP contribution in [0, 0.1) is 5.92 Å². The Morgan fingerprint density at radius 2 is 1.80 bits per heavy atom. The van der Waals surface area contributed by atoms with Crippen LogP contribution in [-0.2, 0) is 15.7 Å². The van der Waals surface area contributed by atoms with Gasteiger partial charge in [-0.15, -0.1) is 0 Å². The molecule has 5 heterocycles. The number of anilines is 1. The largest absolute Gasteiger partial charge is 0.382 e. The van der Waals surface area contributed by atoms with E-state index in [-0.39, 0.29) is 32.0 Å². The van der Waals surface area contributed by atoms with Gasteiger partial charge in [-0.1, -0.05) is 0 Å². The van der Waals surface area contributed by atoms with Crippen molar-refractivity contribution in [2.45, 2.75) is 74.2 Å². The van der Waals surface area contributed by atoms with Gasteiger partial charge in [0, 0.05) is 74.1 Å². The monoisotopic (exact) mass is 694 g/mol. The molecule has 0 bridgehead atoms. The molecule has 0 radical (unpaired) electrons. The molecule has 3 aromatic rings. The highest BCUT2D eigenvalue weighted by molar-refractivity contribution is 7.90. The number of hydrogen-bond acceptors (Lipinski definition) is 11. The predicted octanol–water partition coefficient (Wildman–Crippen LogP) is 3.66. The van der Waals surface area contributed by atoms with E-state index in [1.807, 2.05) is 29.3 Å². The molecule has 3 aromatic heterocycles. The van der Waals surface area contributed by atoms with Crippen molar-refractivity contribution in [1.82, 2.24) is 39.7 Å². The minimum absolute atomic E-state index is 0.175. The molecule has 1 saturated heterocycles. The average molecular weight is 695 g/mol. The van der Waals surface area contributed by atoms with Gasteiger partial charge in [-0.05, 0) is 82.8 Å². The number of nitrogens with two attached hydrogens (primary N) is 1. The topological polar surface area (TPSA) is 147 Å². The van der Waals surface area contributed by atoms with Gasteiger partial charge in [0.05, 0.1) is 34.6 Å². The molecular formula is C34H44F2N10O2S. The number of piperidine rings is 1. The lowest BCUT2D eigenvalue weighted by molar-refractivity contribution is -0.0220. The van der Waals surface area contributed by atoms with Gasteiger partial charge < -0.3 is 26.2 Å². The van der Waals surface area contributed by atoms with E-state index < -0.39 is 26.9 Å². The summed E-state index contributed by atoms with van der Waals surface area (Å²) in [6.45, 7) is 1.62. The second kappa shape index (κ2) is 13.1. The number of nitrogens with zero attached hydrogens (tertiary/aromatic N) is 7. The van der Waals surface area contributed by atoms with E-state index in [9.17, 15) is 17.2 Å². The summed E-state index contributed by atoms with van der Waals surface area (Å²) >= 11 is 0. The van der Waals surface area contributed by atoms with Gasteiger partial charge >= 0.3 is 0 Å². The molecule has 7 rings (SSSR count). The number of rotatable bonds is 10. The minimum Gasteiger partial charge on any atom is -0.382 e. The Labute approximate surface area is 285 Å². The third-order valence-corrected chi connectivity index (χ3v) is 12.0. The van der Waals surface area contributed by atoms with Crippen molar-refractivity contribution in [2.75, 3.05) is 38.6 Å². The van der Waals surface area contributed by atoms with Crippen LogP contribution >= 0.6 is 0 Å². The molecule has 4 aliphatic rings. The number of alkyl halides is 2. The zero-order chi connectivity index (χ0) is 34.4. The first-order valence-electron chi connectivity index (χ1n) is 17.0. The molecule has 0 aromatic carbocycles. The van der Waals surface area contributed by atoms with Crippen molar-refractivity contribution in [3.8, 4) is 11.4 Å². The van der Waals surface area contributed by atoms with Gasteiger partial charge in [-0.25, -0.2) is 27.2 Å². The summed E-state index contributed by atoms with van der Waals surface area (Å²) in [5.41, 5.74) is 9.91. The Balaban J connectivity index is 1.17. The lowest BCUT2D eigenvalue weighted by atomic mass is 9.85. The normalized spacial score (nSPS) is 25.8. The number of dihydropyridines is 1. The molecule has 49 heavy (non-hydrogen) atoms. The van der Waals surface area contributed by atoms with Crippen LogP contribution in [0.15, 0.2) is 61.0 Å². The zero-order valence-corrected chi connectivity index (χ0v) is 28.7. The molecule has 2 saturated carbocycles. The summed E-state index contributed by atoms with van der Waals surface area (Å²) in [6.07, 6.45) is 15.1. The SMILES string of the molecule is CN(C)CC1CCC(NC2=CC(N)(c3ccnc(-c4cnn(S(=O)(=O)C5CC5)c4)n3)NC=C2c2cc(N3CCC(F)(F)CC3)ccn2)CC1. The average Bonchev–Trinajstić information content (AvgIpc) is 3.82. The van der Waals surface area contributed by atoms with Crippen LogP contribution < -0.4 is 21.3 Å². The maximum atomic E-state index is 13.9. The summed E-state index contributed by atoms with van der Waals surface area (Å²) < 4.78 is 54.3. The Morgan fingerprint density at radius 3 is 2.51 bits per heavy atom. The molecule has 0 spiro atoms. The first-order valence-corrected chi connectivity index (χ1v) is 18.5. The fourth-order valence-electron chi connectivity index (χ4n) is 6.98. The highest BCUT2D eigenvalue weighted by Crippen LogP contribution is 2.35. The van der Waals surface area contributed by atoms with Crippen molar-refractivity contribution in [1.29, 1.82) is 0 Å². The van der Waals surface area contributed by atoms with E-state index in [0.29, 0.717) is 41.5 Å². The van der Waals surface area contributed by atoms with E-state index in [4.69, 9.17) is 15.7 Å². The van der Waals surface area contributed by atoms with E-state index >= 15 is 0 Å². The third-order valence-electron chi connectivity index (χ3n) is 9.93. The minimum atomic E-state index is -3.53. The Kier molecular flexibility index (Phi) is 8.94. The van der Waals surface area contributed by atoms with Gasteiger partial charge in [0.25, 0.3) is 15.9 Å². The molecule has 4 N–H and O–H groups in total. The molecule has 2 aliphatic heterocycles. The fraction of sp³-hybridized carbons (Fsp3) is 0.529. The van der Waals surface area contributed by atoms with Gasteiger partial charge in [-0.3, -0.25) is 4.98 Å². The Hall–Kier alpha value is -3.95. The molecule has 262 valence electrons. The first kappa shape index (κ1) is 33.5. The first-order chi connectivity index (χ1) is 23.4. The van der Waals surface area contributed by atoms with Crippen molar-refractivity contribution in [3.63, 3.8) is 0 Å². The maximum absolute atomic E-state index is 13.9. The van der Waals surface area contributed by atoms with Crippen LogP contribution in [0.25, 0.3) is 17.0 Å². The van der Waals surface area contributed by atoms with Crippen molar-refractivity contribution in [2.24, 2.45) is 11.7 Å². The molecule has 1 unspecified atom stereocenters. The molecule has 0 amide bonds. The second-order valence-electron chi connectivity index (χ2n) is 14.1. The number of allylic oxidation sites excluding steroid dienone is 1. The summed E-state index contributed by atoms with van der Waals surface area (Å²) in [6, 6.07) is 5.76. The molecule has 12 nitrogen and oxygen atoms in total. The highest BCUT2D eigenvalue weighted by Gasteiger charge is 2.38. The Bertz CT molecular complexity index is 1840. The third kappa shape index (κ3) is 7.33.